The van der Waals surface area contributed by atoms with Crippen molar-refractivity contribution in [3.63, 3.8) is 0 Å². The second-order valence-electron chi connectivity index (χ2n) is 4.85. The van der Waals surface area contributed by atoms with Gasteiger partial charge in [-0.3, -0.25) is 0 Å². The average molecular weight is 304 g/mol. The van der Waals surface area contributed by atoms with Gasteiger partial charge in [-0.05, 0) is 43.7 Å². The fourth-order valence-corrected chi connectivity index (χ4v) is 3.10. The largest absolute Gasteiger partial charge is 0.385 e. The van der Waals surface area contributed by atoms with Crippen LogP contribution in [0.25, 0.3) is 0 Å². The van der Waals surface area contributed by atoms with Crippen molar-refractivity contribution >= 4 is 15.7 Å². The molecule has 0 amide bonds. The molecule has 0 fully saturated rings. The molecule has 0 bridgehead atoms. The monoisotopic (exact) mass is 304 g/mol. The standard InChI is InChI=1S/C16H20N2O2S/c1-13-8-9-15(12-16(13)21(19,20)17-2)18-11-10-14-6-4-3-5-7-14/h3-9,12,17-18H,10-11H2,1-2H3. The summed E-state index contributed by atoms with van der Waals surface area (Å²) in [4.78, 5) is 0.315. The van der Waals surface area contributed by atoms with E-state index in [1.807, 2.05) is 30.3 Å². The van der Waals surface area contributed by atoms with Gasteiger partial charge in [0.25, 0.3) is 0 Å². The van der Waals surface area contributed by atoms with Crippen molar-refractivity contribution in [3.8, 4) is 0 Å². The molecule has 0 aliphatic carbocycles. The molecule has 0 aliphatic heterocycles. The number of hydrogen-bond acceptors (Lipinski definition) is 3. The quantitative estimate of drug-likeness (QED) is 0.862. The molecule has 0 radical (unpaired) electrons. The third-order valence-corrected chi connectivity index (χ3v) is 4.89. The first-order valence-corrected chi connectivity index (χ1v) is 8.33. The summed E-state index contributed by atoms with van der Waals surface area (Å²) >= 11 is 0. The van der Waals surface area contributed by atoms with Crippen LogP contribution in [0, 0.1) is 6.92 Å². The SMILES string of the molecule is CNS(=O)(=O)c1cc(NCCc2ccccc2)ccc1C. The van der Waals surface area contributed by atoms with Gasteiger partial charge in [-0.15, -0.1) is 0 Å². The van der Waals surface area contributed by atoms with Gasteiger partial charge in [-0.25, -0.2) is 13.1 Å². The Bertz CT molecular complexity index is 697. The summed E-state index contributed by atoms with van der Waals surface area (Å²) in [6.07, 6.45) is 0.892. The molecule has 21 heavy (non-hydrogen) atoms. The summed E-state index contributed by atoms with van der Waals surface area (Å²) in [5, 5.41) is 3.26. The maximum Gasteiger partial charge on any atom is 0.240 e. The molecule has 0 heterocycles. The lowest BCUT2D eigenvalue weighted by atomic mass is 10.1. The van der Waals surface area contributed by atoms with Crippen LogP contribution < -0.4 is 10.0 Å². The summed E-state index contributed by atoms with van der Waals surface area (Å²) in [6.45, 7) is 2.55. The van der Waals surface area contributed by atoms with Crippen molar-refractivity contribution in [1.29, 1.82) is 0 Å². The van der Waals surface area contributed by atoms with Crippen LogP contribution in [0.2, 0.25) is 0 Å². The molecule has 0 unspecified atom stereocenters. The Morgan fingerprint density at radius 3 is 2.43 bits per heavy atom. The van der Waals surface area contributed by atoms with E-state index < -0.39 is 10.0 Å². The van der Waals surface area contributed by atoms with Crippen molar-refractivity contribution in [3.05, 3.63) is 59.7 Å². The fourth-order valence-electron chi connectivity index (χ4n) is 2.11. The van der Waals surface area contributed by atoms with E-state index in [9.17, 15) is 8.42 Å². The normalized spacial score (nSPS) is 11.3. The molecule has 2 aromatic carbocycles. The second-order valence-corrected chi connectivity index (χ2v) is 6.71. The van der Waals surface area contributed by atoms with Crippen LogP contribution in [0.3, 0.4) is 0 Å². The highest BCUT2D eigenvalue weighted by Gasteiger charge is 2.14. The second kappa shape index (κ2) is 6.74. The van der Waals surface area contributed by atoms with E-state index in [4.69, 9.17) is 0 Å². The summed E-state index contributed by atoms with van der Waals surface area (Å²) < 4.78 is 26.2. The van der Waals surface area contributed by atoms with Crippen molar-refractivity contribution in [2.75, 3.05) is 18.9 Å². The first kappa shape index (κ1) is 15.5. The number of benzene rings is 2. The first-order valence-electron chi connectivity index (χ1n) is 6.85. The highest BCUT2D eigenvalue weighted by Crippen LogP contribution is 2.19. The number of hydrogen-bond donors (Lipinski definition) is 2. The van der Waals surface area contributed by atoms with E-state index in [2.05, 4.69) is 22.2 Å². The van der Waals surface area contributed by atoms with Crippen LogP contribution in [0.4, 0.5) is 5.69 Å². The number of nitrogens with one attached hydrogen (secondary N) is 2. The fraction of sp³-hybridized carbons (Fsp3) is 0.250. The van der Waals surface area contributed by atoms with Gasteiger partial charge in [0, 0.05) is 12.2 Å². The Labute approximate surface area is 126 Å². The van der Waals surface area contributed by atoms with Crippen molar-refractivity contribution in [2.45, 2.75) is 18.2 Å². The lowest BCUT2D eigenvalue weighted by Crippen LogP contribution is -2.20. The molecule has 0 saturated carbocycles. The Kier molecular flexibility index (Phi) is 4.98. The van der Waals surface area contributed by atoms with E-state index in [1.165, 1.54) is 12.6 Å². The van der Waals surface area contributed by atoms with E-state index in [0.29, 0.717) is 4.90 Å². The van der Waals surface area contributed by atoms with Gasteiger partial charge in [0.05, 0.1) is 4.90 Å². The zero-order chi connectivity index (χ0) is 15.3. The van der Waals surface area contributed by atoms with Gasteiger partial charge in [0.15, 0.2) is 0 Å². The molecule has 5 heteroatoms. The predicted molar refractivity (Wildman–Crippen MR) is 86.1 cm³/mol. The van der Waals surface area contributed by atoms with E-state index >= 15 is 0 Å². The summed E-state index contributed by atoms with van der Waals surface area (Å²) in [7, 11) is -2.00. The van der Waals surface area contributed by atoms with Crippen LogP contribution in [-0.4, -0.2) is 22.0 Å². The third kappa shape index (κ3) is 4.06. The number of aryl methyl sites for hydroxylation is 1. The zero-order valence-electron chi connectivity index (χ0n) is 12.3. The predicted octanol–water partition coefficient (Wildman–Crippen LogP) is 2.56. The number of rotatable bonds is 6. The Balaban J connectivity index is 2.06. The molecule has 0 saturated heterocycles. The highest BCUT2D eigenvalue weighted by atomic mass is 32.2. The van der Waals surface area contributed by atoms with Crippen LogP contribution in [0.1, 0.15) is 11.1 Å². The number of sulfonamides is 1. The van der Waals surface area contributed by atoms with Crippen LogP contribution in [0.5, 0.6) is 0 Å². The minimum atomic E-state index is -3.42. The van der Waals surface area contributed by atoms with Gasteiger partial charge < -0.3 is 5.32 Å². The zero-order valence-corrected chi connectivity index (χ0v) is 13.1. The molecule has 2 rings (SSSR count). The molecule has 112 valence electrons. The minimum absolute atomic E-state index is 0.315. The topological polar surface area (TPSA) is 58.2 Å². The minimum Gasteiger partial charge on any atom is -0.385 e. The molecular formula is C16H20N2O2S. The van der Waals surface area contributed by atoms with Crippen molar-refractivity contribution in [1.82, 2.24) is 4.72 Å². The smallest absolute Gasteiger partial charge is 0.240 e. The molecule has 0 aromatic heterocycles. The average Bonchev–Trinajstić information content (AvgIpc) is 2.50. The Hall–Kier alpha value is -1.85. The third-order valence-electron chi connectivity index (χ3n) is 3.33. The van der Waals surface area contributed by atoms with Crippen molar-refractivity contribution < 1.29 is 8.42 Å². The molecule has 2 aromatic rings. The summed E-state index contributed by atoms with van der Waals surface area (Å²) in [5.74, 6) is 0. The summed E-state index contributed by atoms with van der Waals surface area (Å²) in [5.41, 5.74) is 2.79. The highest BCUT2D eigenvalue weighted by molar-refractivity contribution is 7.89. The van der Waals surface area contributed by atoms with Crippen molar-refractivity contribution in [2.24, 2.45) is 0 Å². The lowest BCUT2D eigenvalue weighted by molar-refractivity contribution is 0.587. The molecule has 0 atom stereocenters. The maximum atomic E-state index is 11.9. The first-order chi connectivity index (χ1) is 10.0. The Morgan fingerprint density at radius 1 is 1.05 bits per heavy atom. The summed E-state index contributed by atoms with van der Waals surface area (Å²) in [6, 6.07) is 15.6. The number of anilines is 1. The molecule has 4 nitrogen and oxygen atoms in total. The van der Waals surface area contributed by atoms with Crippen LogP contribution in [-0.2, 0) is 16.4 Å². The maximum absolute atomic E-state index is 11.9. The van der Waals surface area contributed by atoms with E-state index in [1.54, 1.807) is 13.0 Å². The molecule has 2 N–H and O–H groups in total. The van der Waals surface area contributed by atoms with E-state index in [0.717, 1.165) is 24.2 Å². The van der Waals surface area contributed by atoms with Gasteiger partial charge in [0.2, 0.25) is 10.0 Å². The van der Waals surface area contributed by atoms with Crippen LogP contribution >= 0.6 is 0 Å². The lowest BCUT2D eigenvalue weighted by Gasteiger charge is -2.11. The van der Waals surface area contributed by atoms with Gasteiger partial charge in [-0.2, -0.15) is 0 Å². The molecule has 0 aliphatic rings. The van der Waals surface area contributed by atoms with Gasteiger partial charge in [0.1, 0.15) is 0 Å². The van der Waals surface area contributed by atoms with E-state index in [-0.39, 0.29) is 0 Å². The molecule has 0 spiro atoms. The van der Waals surface area contributed by atoms with Crippen LogP contribution in [0.15, 0.2) is 53.4 Å². The molecular weight excluding hydrogens is 284 g/mol. The van der Waals surface area contributed by atoms with Gasteiger partial charge in [-0.1, -0.05) is 36.4 Å². The Morgan fingerprint density at radius 2 is 1.76 bits per heavy atom. The van der Waals surface area contributed by atoms with Gasteiger partial charge >= 0.3 is 0 Å².